The monoisotopic (exact) mass is 265 g/mol. The maximum atomic E-state index is 13.4. The van der Waals surface area contributed by atoms with Crippen LogP contribution in [0.4, 0.5) is 8.78 Å². The Kier molecular flexibility index (Phi) is 4.32. The topological polar surface area (TPSA) is 25.2 Å². The van der Waals surface area contributed by atoms with Crippen LogP contribution in [-0.4, -0.2) is 6.54 Å². The molecular formula is C15H17F2NO. The minimum atomic E-state index is -0.832. The van der Waals surface area contributed by atoms with E-state index in [0.717, 1.165) is 30.4 Å². The molecule has 0 saturated heterocycles. The summed E-state index contributed by atoms with van der Waals surface area (Å²) in [5.74, 6) is -0.887. The maximum Gasteiger partial charge on any atom is 0.159 e. The van der Waals surface area contributed by atoms with E-state index in [9.17, 15) is 8.78 Å². The highest BCUT2D eigenvalue weighted by Crippen LogP contribution is 2.26. The van der Waals surface area contributed by atoms with Gasteiger partial charge < -0.3 is 9.73 Å². The van der Waals surface area contributed by atoms with E-state index >= 15 is 0 Å². The number of halogens is 2. The zero-order valence-electron chi connectivity index (χ0n) is 11.0. The van der Waals surface area contributed by atoms with Crippen molar-refractivity contribution in [2.75, 3.05) is 6.54 Å². The molecule has 2 rings (SSSR count). The van der Waals surface area contributed by atoms with Gasteiger partial charge in [0.1, 0.15) is 5.76 Å². The summed E-state index contributed by atoms with van der Waals surface area (Å²) in [7, 11) is 0. The lowest BCUT2D eigenvalue weighted by atomic mass is 9.99. The van der Waals surface area contributed by atoms with Crippen molar-refractivity contribution in [3.63, 3.8) is 0 Å². The van der Waals surface area contributed by atoms with Crippen LogP contribution in [0.5, 0.6) is 0 Å². The normalized spacial score (nSPS) is 12.6. The Balaban J connectivity index is 2.37. The molecule has 19 heavy (non-hydrogen) atoms. The maximum absolute atomic E-state index is 13.4. The molecule has 0 aliphatic rings. The third-order valence-corrected chi connectivity index (χ3v) is 3.09. The predicted molar refractivity (Wildman–Crippen MR) is 69.9 cm³/mol. The molecule has 1 aromatic carbocycles. The Bertz CT molecular complexity index is 551. The lowest BCUT2D eigenvalue weighted by Gasteiger charge is -2.18. The summed E-state index contributed by atoms with van der Waals surface area (Å²) < 4.78 is 31.7. The molecule has 2 aromatic rings. The van der Waals surface area contributed by atoms with E-state index in [1.807, 2.05) is 13.0 Å². The third kappa shape index (κ3) is 3.01. The van der Waals surface area contributed by atoms with Gasteiger partial charge in [-0.3, -0.25) is 0 Å². The molecule has 2 nitrogen and oxygen atoms in total. The van der Waals surface area contributed by atoms with Crippen LogP contribution in [0.1, 0.15) is 36.3 Å². The van der Waals surface area contributed by atoms with Crippen LogP contribution in [0, 0.1) is 18.6 Å². The van der Waals surface area contributed by atoms with E-state index in [0.29, 0.717) is 5.56 Å². The van der Waals surface area contributed by atoms with Gasteiger partial charge in [0.2, 0.25) is 0 Å². The summed E-state index contributed by atoms with van der Waals surface area (Å²) in [6.07, 6.45) is 2.56. The minimum Gasteiger partial charge on any atom is -0.469 e. The number of aryl methyl sites for hydroxylation is 1. The smallest absolute Gasteiger partial charge is 0.159 e. The van der Waals surface area contributed by atoms with Gasteiger partial charge in [0.15, 0.2) is 11.6 Å². The van der Waals surface area contributed by atoms with Crippen LogP contribution in [-0.2, 0) is 0 Å². The first-order valence-electron chi connectivity index (χ1n) is 6.35. The average molecular weight is 265 g/mol. The van der Waals surface area contributed by atoms with Crippen LogP contribution in [0.3, 0.4) is 0 Å². The third-order valence-electron chi connectivity index (χ3n) is 3.09. The van der Waals surface area contributed by atoms with Crippen LogP contribution in [0.15, 0.2) is 34.9 Å². The zero-order valence-corrected chi connectivity index (χ0v) is 11.0. The fourth-order valence-electron chi connectivity index (χ4n) is 2.08. The van der Waals surface area contributed by atoms with Crippen LogP contribution in [0.2, 0.25) is 0 Å². The first-order chi connectivity index (χ1) is 9.13. The molecule has 4 heteroatoms. The number of hydrogen-bond donors (Lipinski definition) is 1. The molecule has 1 aromatic heterocycles. The number of furan rings is 1. The van der Waals surface area contributed by atoms with Gasteiger partial charge in [-0.15, -0.1) is 0 Å². The summed E-state index contributed by atoms with van der Waals surface area (Å²) in [6.45, 7) is 4.70. The number of nitrogens with one attached hydrogen (secondary N) is 1. The molecule has 0 fully saturated rings. The summed E-state index contributed by atoms with van der Waals surface area (Å²) in [6, 6.07) is 5.64. The van der Waals surface area contributed by atoms with Crippen molar-refractivity contribution in [3.8, 4) is 0 Å². The van der Waals surface area contributed by atoms with E-state index in [4.69, 9.17) is 4.42 Å². The summed E-state index contributed by atoms with van der Waals surface area (Å²) >= 11 is 0. The van der Waals surface area contributed by atoms with Crippen LogP contribution >= 0.6 is 0 Å². The van der Waals surface area contributed by atoms with Crippen molar-refractivity contribution in [2.24, 2.45) is 0 Å². The van der Waals surface area contributed by atoms with Crippen molar-refractivity contribution >= 4 is 0 Å². The Hall–Kier alpha value is -1.68. The van der Waals surface area contributed by atoms with E-state index in [1.165, 1.54) is 6.07 Å². The van der Waals surface area contributed by atoms with Gasteiger partial charge in [-0.1, -0.05) is 13.0 Å². The quantitative estimate of drug-likeness (QED) is 0.885. The first-order valence-corrected chi connectivity index (χ1v) is 6.35. The molecule has 1 N–H and O–H groups in total. The second-order valence-corrected chi connectivity index (χ2v) is 4.49. The van der Waals surface area contributed by atoms with E-state index in [-0.39, 0.29) is 6.04 Å². The lowest BCUT2D eigenvalue weighted by molar-refractivity contribution is 0.499. The molecule has 0 bridgehead atoms. The minimum absolute atomic E-state index is 0.186. The van der Waals surface area contributed by atoms with E-state index < -0.39 is 11.6 Å². The van der Waals surface area contributed by atoms with Crippen molar-refractivity contribution in [2.45, 2.75) is 26.3 Å². The number of hydrogen-bond acceptors (Lipinski definition) is 2. The second kappa shape index (κ2) is 5.97. The second-order valence-electron chi connectivity index (χ2n) is 4.49. The summed E-state index contributed by atoms with van der Waals surface area (Å²) in [5.41, 5.74) is 1.64. The average Bonchev–Trinajstić information content (AvgIpc) is 2.80. The molecule has 0 spiro atoms. The van der Waals surface area contributed by atoms with E-state index in [1.54, 1.807) is 12.3 Å². The standard InChI is InChI=1S/C15H17F2NO/c1-3-7-18-15(12-6-8-19-10(12)2)11-4-5-13(16)14(17)9-11/h4-6,8-9,15,18H,3,7H2,1-2H3. The Morgan fingerprint density at radius 2 is 2.00 bits per heavy atom. The fourth-order valence-corrected chi connectivity index (χ4v) is 2.08. The summed E-state index contributed by atoms with van der Waals surface area (Å²) in [4.78, 5) is 0. The summed E-state index contributed by atoms with van der Waals surface area (Å²) in [5, 5.41) is 3.33. The molecule has 0 aliphatic carbocycles. The van der Waals surface area contributed by atoms with Gasteiger partial charge in [-0.25, -0.2) is 8.78 Å². The largest absolute Gasteiger partial charge is 0.469 e. The van der Waals surface area contributed by atoms with E-state index in [2.05, 4.69) is 12.2 Å². The molecule has 1 heterocycles. The molecule has 0 amide bonds. The Morgan fingerprint density at radius 1 is 1.21 bits per heavy atom. The molecule has 1 atom stereocenters. The van der Waals surface area contributed by atoms with Gasteiger partial charge in [0.05, 0.1) is 12.3 Å². The van der Waals surface area contributed by atoms with Gasteiger partial charge in [-0.05, 0) is 43.7 Å². The van der Waals surface area contributed by atoms with Crippen LogP contribution < -0.4 is 5.32 Å². The van der Waals surface area contributed by atoms with Crippen molar-refractivity contribution in [1.82, 2.24) is 5.32 Å². The Morgan fingerprint density at radius 3 is 2.58 bits per heavy atom. The highest BCUT2D eigenvalue weighted by atomic mass is 19.2. The molecule has 102 valence electrons. The Labute approximate surface area is 111 Å². The van der Waals surface area contributed by atoms with Crippen molar-refractivity contribution < 1.29 is 13.2 Å². The molecular weight excluding hydrogens is 248 g/mol. The lowest BCUT2D eigenvalue weighted by Crippen LogP contribution is -2.23. The molecule has 1 unspecified atom stereocenters. The van der Waals surface area contributed by atoms with Crippen LogP contribution in [0.25, 0.3) is 0 Å². The molecule has 0 radical (unpaired) electrons. The van der Waals surface area contributed by atoms with Gasteiger partial charge in [0.25, 0.3) is 0 Å². The fraction of sp³-hybridized carbons (Fsp3) is 0.333. The van der Waals surface area contributed by atoms with Gasteiger partial charge in [0, 0.05) is 5.56 Å². The van der Waals surface area contributed by atoms with Crippen molar-refractivity contribution in [3.05, 3.63) is 59.1 Å². The molecule has 0 aliphatic heterocycles. The van der Waals surface area contributed by atoms with Crippen molar-refractivity contribution in [1.29, 1.82) is 0 Å². The van der Waals surface area contributed by atoms with Gasteiger partial charge >= 0.3 is 0 Å². The highest BCUT2D eigenvalue weighted by Gasteiger charge is 2.18. The zero-order chi connectivity index (χ0) is 13.8. The predicted octanol–water partition coefficient (Wildman–Crippen LogP) is 3.96. The van der Waals surface area contributed by atoms with Gasteiger partial charge in [-0.2, -0.15) is 0 Å². The highest BCUT2D eigenvalue weighted by molar-refractivity contribution is 5.33. The number of benzene rings is 1. The SMILES string of the molecule is CCCNC(c1ccc(F)c(F)c1)c1ccoc1C. The molecule has 0 saturated carbocycles. The number of rotatable bonds is 5. The first kappa shape index (κ1) is 13.7.